The topological polar surface area (TPSA) is 80.5 Å². The van der Waals surface area contributed by atoms with Crippen LogP contribution in [0.25, 0.3) is 0 Å². The molecule has 2 aromatic rings. The molecule has 0 bridgehead atoms. The van der Waals surface area contributed by atoms with Gasteiger partial charge in [-0.1, -0.05) is 18.2 Å². The van der Waals surface area contributed by atoms with Crippen molar-refractivity contribution in [3.8, 4) is 6.07 Å². The van der Waals surface area contributed by atoms with E-state index in [1.54, 1.807) is 6.92 Å². The Morgan fingerprint density at radius 2 is 1.88 bits per heavy atom. The number of carboxylic acid groups (broad SMARTS) is 1. The highest BCUT2D eigenvalue weighted by atomic mass is 16.4. The van der Waals surface area contributed by atoms with Gasteiger partial charge in [-0.05, 0) is 37.1 Å². The summed E-state index contributed by atoms with van der Waals surface area (Å²) in [6.45, 7) is 7.73. The van der Waals surface area contributed by atoms with Gasteiger partial charge < -0.3 is 10.0 Å². The fraction of sp³-hybridized carbons (Fsp3) is 0.350. The maximum Gasteiger partial charge on any atom is 0.354 e. The first-order chi connectivity index (χ1) is 12.5. The average molecular weight is 350 g/mol. The zero-order valence-electron chi connectivity index (χ0n) is 15.1. The quantitative estimate of drug-likeness (QED) is 0.913. The molecule has 6 heteroatoms. The summed E-state index contributed by atoms with van der Waals surface area (Å²) in [4.78, 5) is 20.2. The first-order valence-electron chi connectivity index (χ1n) is 8.66. The van der Waals surface area contributed by atoms with Crippen molar-refractivity contribution >= 4 is 11.7 Å². The Balaban J connectivity index is 1.69. The van der Waals surface area contributed by atoms with Crippen LogP contribution in [0.3, 0.4) is 0 Å². The van der Waals surface area contributed by atoms with Crippen LogP contribution >= 0.6 is 0 Å². The summed E-state index contributed by atoms with van der Waals surface area (Å²) < 4.78 is 0. The van der Waals surface area contributed by atoms with E-state index in [4.69, 9.17) is 0 Å². The molecular formula is C20H22N4O2. The van der Waals surface area contributed by atoms with Gasteiger partial charge in [0.1, 0.15) is 6.07 Å². The third-order valence-corrected chi connectivity index (χ3v) is 4.82. The summed E-state index contributed by atoms with van der Waals surface area (Å²) in [6, 6.07) is 11.8. The summed E-state index contributed by atoms with van der Waals surface area (Å²) in [6.07, 6.45) is 0. The summed E-state index contributed by atoms with van der Waals surface area (Å²) in [5.41, 5.74) is 4.34. The van der Waals surface area contributed by atoms with Gasteiger partial charge in [-0.2, -0.15) is 5.26 Å². The summed E-state index contributed by atoms with van der Waals surface area (Å²) >= 11 is 0. The standard InChI is InChI=1S/C20H22N4O2/c1-14-11-15(2)19(20(25)26)22-17(14)13-23-7-9-24(10-8-23)18-6-4-3-5-16(18)12-21/h3-6,11H,7-10,13H2,1-2H3,(H,25,26). The van der Waals surface area contributed by atoms with Crippen molar-refractivity contribution in [2.75, 3.05) is 31.1 Å². The smallest absolute Gasteiger partial charge is 0.354 e. The molecule has 0 aliphatic carbocycles. The molecule has 3 rings (SSSR count). The Morgan fingerprint density at radius 3 is 2.54 bits per heavy atom. The molecular weight excluding hydrogens is 328 g/mol. The number of carboxylic acids is 1. The van der Waals surface area contributed by atoms with Crippen molar-refractivity contribution in [1.82, 2.24) is 9.88 Å². The molecule has 0 spiro atoms. The Labute approximate surface area is 153 Å². The number of nitrogens with zero attached hydrogens (tertiary/aromatic N) is 4. The number of aromatic nitrogens is 1. The van der Waals surface area contributed by atoms with E-state index in [-0.39, 0.29) is 5.69 Å². The van der Waals surface area contributed by atoms with E-state index in [0.29, 0.717) is 17.7 Å². The molecule has 1 saturated heterocycles. The highest BCUT2D eigenvalue weighted by Crippen LogP contribution is 2.22. The lowest BCUT2D eigenvalue weighted by atomic mass is 10.1. The number of aryl methyl sites for hydroxylation is 2. The second-order valence-electron chi connectivity index (χ2n) is 6.61. The van der Waals surface area contributed by atoms with Crippen molar-refractivity contribution in [3.63, 3.8) is 0 Å². The number of carbonyl (C=O) groups is 1. The minimum absolute atomic E-state index is 0.132. The Kier molecular flexibility index (Phi) is 5.19. The van der Waals surface area contributed by atoms with E-state index in [9.17, 15) is 15.2 Å². The van der Waals surface area contributed by atoms with Gasteiger partial charge in [-0.25, -0.2) is 9.78 Å². The van der Waals surface area contributed by atoms with Crippen molar-refractivity contribution in [1.29, 1.82) is 5.26 Å². The van der Waals surface area contributed by atoms with E-state index < -0.39 is 5.97 Å². The van der Waals surface area contributed by atoms with Crippen molar-refractivity contribution in [2.24, 2.45) is 0 Å². The highest BCUT2D eigenvalue weighted by molar-refractivity contribution is 5.87. The number of piperazine rings is 1. The van der Waals surface area contributed by atoms with Gasteiger partial charge in [-0.15, -0.1) is 0 Å². The van der Waals surface area contributed by atoms with Gasteiger partial charge >= 0.3 is 5.97 Å². The molecule has 1 aromatic carbocycles. The van der Waals surface area contributed by atoms with E-state index in [0.717, 1.165) is 43.1 Å². The van der Waals surface area contributed by atoms with Crippen LogP contribution in [0, 0.1) is 25.2 Å². The number of para-hydroxylation sites is 1. The third kappa shape index (κ3) is 3.68. The van der Waals surface area contributed by atoms with Crippen molar-refractivity contribution in [3.05, 3.63) is 58.4 Å². The molecule has 0 saturated carbocycles. The minimum atomic E-state index is -0.985. The number of aromatic carboxylic acids is 1. The van der Waals surface area contributed by atoms with Crippen molar-refractivity contribution < 1.29 is 9.90 Å². The molecule has 1 aliphatic rings. The fourth-order valence-corrected chi connectivity index (χ4v) is 3.37. The summed E-state index contributed by atoms with van der Waals surface area (Å²) in [5, 5.41) is 18.6. The van der Waals surface area contributed by atoms with Crippen molar-refractivity contribution in [2.45, 2.75) is 20.4 Å². The third-order valence-electron chi connectivity index (χ3n) is 4.82. The maximum absolute atomic E-state index is 11.3. The average Bonchev–Trinajstić information content (AvgIpc) is 2.64. The molecule has 1 aromatic heterocycles. The molecule has 134 valence electrons. The highest BCUT2D eigenvalue weighted by Gasteiger charge is 2.21. The lowest BCUT2D eigenvalue weighted by Gasteiger charge is -2.36. The molecule has 1 N–H and O–H groups in total. The number of pyridine rings is 1. The van der Waals surface area contributed by atoms with Crippen LogP contribution in [0.2, 0.25) is 0 Å². The zero-order chi connectivity index (χ0) is 18.7. The van der Waals surface area contributed by atoms with Crippen LogP contribution in [0.15, 0.2) is 30.3 Å². The molecule has 0 unspecified atom stereocenters. The minimum Gasteiger partial charge on any atom is -0.477 e. The summed E-state index contributed by atoms with van der Waals surface area (Å²) in [7, 11) is 0. The van der Waals surface area contributed by atoms with E-state index in [2.05, 4.69) is 20.9 Å². The number of benzene rings is 1. The number of anilines is 1. The molecule has 1 aliphatic heterocycles. The van der Waals surface area contributed by atoms with E-state index in [1.165, 1.54) is 0 Å². The molecule has 0 radical (unpaired) electrons. The maximum atomic E-state index is 11.3. The Hall–Kier alpha value is -2.91. The number of hydrogen-bond acceptors (Lipinski definition) is 5. The van der Waals surface area contributed by atoms with Crippen LogP contribution in [0.5, 0.6) is 0 Å². The van der Waals surface area contributed by atoms with Gasteiger partial charge in [0.2, 0.25) is 0 Å². The van der Waals surface area contributed by atoms with Crippen LogP contribution in [-0.2, 0) is 6.54 Å². The lowest BCUT2D eigenvalue weighted by molar-refractivity contribution is 0.0689. The normalized spacial score (nSPS) is 14.9. The molecule has 1 fully saturated rings. The van der Waals surface area contributed by atoms with Gasteiger partial charge in [0.15, 0.2) is 5.69 Å². The van der Waals surface area contributed by atoms with Gasteiger partial charge in [-0.3, -0.25) is 4.90 Å². The van der Waals surface area contributed by atoms with Crippen LogP contribution < -0.4 is 4.90 Å². The predicted octanol–water partition coefficient (Wildman–Crippen LogP) is 2.59. The van der Waals surface area contributed by atoms with Gasteiger partial charge in [0, 0.05) is 32.7 Å². The number of hydrogen-bond donors (Lipinski definition) is 1. The Bertz CT molecular complexity index is 865. The van der Waals surface area contributed by atoms with Crippen LogP contribution in [0.4, 0.5) is 5.69 Å². The predicted molar refractivity (Wildman–Crippen MR) is 99.3 cm³/mol. The first kappa shape index (κ1) is 17.9. The fourth-order valence-electron chi connectivity index (χ4n) is 3.37. The van der Waals surface area contributed by atoms with Crippen LogP contribution in [-0.4, -0.2) is 47.1 Å². The van der Waals surface area contributed by atoms with Gasteiger partial charge in [0.25, 0.3) is 0 Å². The SMILES string of the molecule is Cc1cc(C)c(C(=O)O)nc1CN1CCN(c2ccccc2C#N)CC1. The lowest BCUT2D eigenvalue weighted by Crippen LogP contribution is -2.46. The largest absolute Gasteiger partial charge is 0.477 e. The zero-order valence-corrected chi connectivity index (χ0v) is 15.1. The van der Waals surface area contributed by atoms with Crippen LogP contribution in [0.1, 0.15) is 32.9 Å². The summed E-state index contributed by atoms with van der Waals surface area (Å²) in [5.74, 6) is -0.985. The number of rotatable bonds is 4. The second kappa shape index (κ2) is 7.54. The van der Waals surface area contributed by atoms with E-state index in [1.807, 2.05) is 37.3 Å². The number of nitriles is 1. The molecule has 0 amide bonds. The molecule has 6 nitrogen and oxygen atoms in total. The monoisotopic (exact) mass is 350 g/mol. The molecule has 2 heterocycles. The molecule has 0 atom stereocenters. The van der Waals surface area contributed by atoms with Gasteiger partial charge in [0.05, 0.1) is 16.9 Å². The first-order valence-corrected chi connectivity index (χ1v) is 8.66. The van der Waals surface area contributed by atoms with E-state index >= 15 is 0 Å². The second-order valence-corrected chi connectivity index (χ2v) is 6.61. The molecule has 26 heavy (non-hydrogen) atoms. The Morgan fingerprint density at radius 1 is 1.19 bits per heavy atom.